The molecule has 1 amide bonds. The molecule has 1 aromatic rings. The van der Waals surface area contributed by atoms with Crippen LogP contribution in [0.5, 0.6) is 0 Å². The average molecular weight is 297 g/mol. The van der Waals surface area contributed by atoms with E-state index in [1.165, 1.54) is 11.1 Å². The molecule has 0 aliphatic carbocycles. The first-order valence-electron chi connectivity index (χ1n) is 7.07. The molecule has 1 saturated heterocycles. The lowest BCUT2D eigenvalue weighted by Crippen LogP contribution is -2.45. The zero-order valence-corrected chi connectivity index (χ0v) is 13.3. The largest absolute Gasteiger partial charge is 0.354 e. The Kier molecular flexibility index (Phi) is 6.03. The summed E-state index contributed by atoms with van der Waals surface area (Å²) in [4.78, 5) is 12.0. The van der Waals surface area contributed by atoms with Crippen LogP contribution in [-0.2, 0) is 10.2 Å². The van der Waals surface area contributed by atoms with Gasteiger partial charge in [-0.15, -0.1) is 12.4 Å². The van der Waals surface area contributed by atoms with Gasteiger partial charge in [-0.3, -0.25) is 4.79 Å². The smallest absolute Gasteiger partial charge is 0.237 e. The van der Waals surface area contributed by atoms with Gasteiger partial charge >= 0.3 is 0 Å². The Hall–Kier alpha value is -1.06. The Morgan fingerprint density at radius 2 is 2.20 bits per heavy atom. The van der Waals surface area contributed by atoms with Crippen LogP contribution in [0.3, 0.4) is 0 Å². The van der Waals surface area contributed by atoms with Crippen molar-refractivity contribution in [1.29, 1.82) is 0 Å². The minimum atomic E-state index is -0.0414. The molecule has 0 aromatic heterocycles. The van der Waals surface area contributed by atoms with Gasteiger partial charge < -0.3 is 10.6 Å². The molecule has 1 aliphatic heterocycles. The Morgan fingerprint density at radius 3 is 2.80 bits per heavy atom. The summed E-state index contributed by atoms with van der Waals surface area (Å²) < 4.78 is 0. The van der Waals surface area contributed by atoms with Gasteiger partial charge in [-0.05, 0) is 31.9 Å². The molecule has 1 heterocycles. The Labute approximate surface area is 127 Å². The average Bonchev–Trinajstić information content (AvgIpc) is 2.90. The summed E-state index contributed by atoms with van der Waals surface area (Å²) in [6, 6.07) is 8.51. The first-order valence-corrected chi connectivity index (χ1v) is 7.07. The monoisotopic (exact) mass is 296 g/mol. The normalized spacial score (nSPS) is 18.4. The zero-order chi connectivity index (χ0) is 13.9. The van der Waals surface area contributed by atoms with Crippen LogP contribution >= 0.6 is 12.4 Å². The number of carbonyl (C=O) groups excluding carboxylic acids is 1. The van der Waals surface area contributed by atoms with Crippen LogP contribution in [0.4, 0.5) is 0 Å². The molecule has 0 bridgehead atoms. The molecule has 1 aromatic carbocycles. The second-order valence-corrected chi connectivity index (χ2v) is 6.12. The summed E-state index contributed by atoms with van der Waals surface area (Å²) in [7, 11) is 0. The first-order chi connectivity index (χ1) is 8.99. The van der Waals surface area contributed by atoms with Gasteiger partial charge in [0.1, 0.15) is 0 Å². The van der Waals surface area contributed by atoms with E-state index in [-0.39, 0.29) is 29.8 Å². The maximum atomic E-state index is 12.0. The molecule has 0 spiro atoms. The lowest BCUT2D eigenvalue weighted by atomic mass is 9.84. The minimum Gasteiger partial charge on any atom is -0.354 e. The Balaban J connectivity index is 0.00000200. The van der Waals surface area contributed by atoms with Crippen molar-refractivity contribution in [3.05, 3.63) is 35.4 Å². The van der Waals surface area contributed by atoms with Crippen LogP contribution in [0.15, 0.2) is 24.3 Å². The number of benzene rings is 1. The molecule has 0 saturated carbocycles. The molecule has 1 aliphatic rings. The van der Waals surface area contributed by atoms with Gasteiger partial charge in [0, 0.05) is 12.0 Å². The van der Waals surface area contributed by atoms with Crippen LogP contribution in [0.2, 0.25) is 0 Å². The van der Waals surface area contributed by atoms with Crippen molar-refractivity contribution in [3.63, 3.8) is 0 Å². The van der Waals surface area contributed by atoms with E-state index in [0.29, 0.717) is 6.54 Å². The molecule has 1 unspecified atom stereocenters. The van der Waals surface area contributed by atoms with E-state index < -0.39 is 0 Å². The van der Waals surface area contributed by atoms with E-state index in [9.17, 15) is 4.79 Å². The lowest BCUT2D eigenvalue weighted by Gasteiger charge is -2.27. The standard InChI is InChI=1S/C16H24N2O.ClH/c1-12-6-4-7-13(10-12)16(2,3)11-18-15(19)14-8-5-9-17-14;/h4,6-7,10,14,17H,5,8-9,11H2,1-3H3,(H,18,19);1H. The van der Waals surface area contributed by atoms with Gasteiger partial charge in [-0.2, -0.15) is 0 Å². The Morgan fingerprint density at radius 1 is 1.45 bits per heavy atom. The summed E-state index contributed by atoms with van der Waals surface area (Å²) in [5.74, 6) is 0.137. The Bertz CT molecular complexity index is 454. The van der Waals surface area contributed by atoms with E-state index in [0.717, 1.165) is 19.4 Å². The highest BCUT2D eigenvalue weighted by atomic mass is 35.5. The molecule has 20 heavy (non-hydrogen) atoms. The number of halogens is 1. The number of carbonyl (C=O) groups is 1. The zero-order valence-electron chi connectivity index (χ0n) is 12.5. The third kappa shape index (κ3) is 4.22. The number of nitrogens with one attached hydrogen (secondary N) is 2. The van der Waals surface area contributed by atoms with Crippen LogP contribution in [0.1, 0.15) is 37.8 Å². The summed E-state index contributed by atoms with van der Waals surface area (Å²) in [6.07, 6.45) is 2.05. The third-order valence-corrected chi connectivity index (χ3v) is 3.88. The maximum Gasteiger partial charge on any atom is 0.237 e. The molecule has 1 fully saturated rings. The van der Waals surface area contributed by atoms with E-state index in [1.807, 2.05) is 0 Å². The molecular weight excluding hydrogens is 272 g/mol. The maximum absolute atomic E-state index is 12.0. The second kappa shape index (κ2) is 7.09. The van der Waals surface area contributed by atoms with E-state index in [1.54, 1.807) is 0 Å². The number of rotatable bonds is 4. The van der Waals surface area contributed by atoms with Gasteiger partial charge in [0.25, 0.3) is 0 Å². The minimum absolute atomic E-state index is 0. The molecule has 3 nitrogen and oxygen atoms in total. The van der Waals surface area contributed by atoms with Gasteiger partial charge in [0.15, 0.2) is 0 Å². The second-order valence-electron chi connectivity index (χ2n) is 6.12. The molecule has 4 heteroatoms. The fourth-order valence-corrected chi connectivity index (χ4v) is 2.51. The van der Waals surface area contributed by atoms with Crippen molar-refractivity contribution in [3.8, 4) is 0 Å². The van der Waals surface area contributed by atoms with Gasteiger partial charge in [0.05, 0.1) is 6.04 Å². The molecule has 2 N–H and O–H groups in total. The van der Waals surface area contributed by atoms with Gasteiger partial charge in [-0.25, -0.2) is 0 Å². The predicted molar refractivity (Wildman–Crippen MR) is 85.5 cm³/mol. The summed E-state index contributed by atoms with van der Waals surface area (Å²) in [6.45, 7) is 8.07. The van der Waals surface area contributed by atoms with Gasteiger partial charge in [0.2, 0.25) is 5.91 Å². The number of hydrogen-bond donors (Lipinski definition) is 2. The fourth-order valence-electron chi connectivity index (χ4n) is 2.51. The van der Waals surface area contributed by atoms with E-state index >= 15 is 0 Å². The van der Waals surface area contributed by atoms with Crippen molar-refractivity contribution < 1.29 is 4.79 Å². The van der Waals surface area contributed by atoms with Crippen molar-refractivity contribution in [1.82, 2.24) is 10.6 Å². The highest BCUT2D eigenvalue weighted by Crippen LogP contribution is 2.23. The number of aryl methyl sites for hydroxylation is 1. The summed E-state index contributed by atoms with van der Waals surface area (Å²) in [5, 5.41) is 6.31. The van der Waals surface area contributed by atoms with Crippen LogP contribution in [0, 0.1) is 6.92 Å². The van der Waals surface area contributed by atoms with E-state index in [4.69, 9.17) is 0 Å². The topological polar surface area (TPSA) is 41.1 Å². The van der Waals surface area contributed by atoms with Crippen molar-refractivity contribution in [2.75, 3.05) is 13.1 Å². The van der Waals surface area contributed by atoms with Crippen molar-refractivity contribution >= 4 is 18.3 Å². The number of amides is 1. The van der Waals surface area contributed by atoms with Crippen LogP contribution < -0.4 is 10.6 Å². The predicted octanol–water partition coefficient (Wildman–Crippen LogP) is 2.56. The van der Waals surface area contributed by atoms with E-state index in [2.05, 4.69) is 55.7 Å². The molecule has 2 rings (SSSR count). The summed E-state index contributed by atoms with van der Waals surface area (Å²) >= 11 is 0. The lowest BCUT2D eigenvalue weighted by molar-refractivity contribution is -0.123. The number of hydrogen-bond acceptors (Lipinski definition) is 2. The first kappa shape index (κ1) is 17.0. The highest BCUT2D eigenvalue weighted by molar-refractivity contribution is 5.85. The molecular formula is C16H25ClN2O. The fraction of sp³-hybridized carbons (Fsp3) is 0.562. The molecule has 1 atom stereocenters. The summed E-state index contributed by atoms with van der Waals surface area (Å²) in [5.41, 5.74) is 2.49. The van der Waals surface area contributed by atoms with Crippen molar-refractivity contribution in [2.24, 2.45) is 0 Å². The van der Waals surface area contributed by atoms with Gasteiger partial charge in [-0.1, -0.05) is 43.7 Å². The van der Waals surface area contributed by atoms with Crippen LogP contribution in [0.25, 0.3) is 0 Å². The highest BCUT2D eigenvalue weighted by Gasteiger charge is 2.25. The van der Waals surface area contributed by atoms with Crippen molar-refractivity contribution in [2.45, 2.75) is 45.1 Å². The third-order valence-electron chi connectivity index (χ3n) is 3.88. The van der Waals surface area contributed by atoms with Crippen LogP contribution in [-0.4, -0.2) is 25.0 Å². The molecule has 112 valence electrons. The quantitative estimate of drug-likeness (QED) is 0.896. The molecule has 0 radical (unpaired) electrons. The SMILES string of the molecule is Cc1cccc(C(C)(C)CNC(=O)C2CCCN2)c1.Cl.